The summed E-state index contributed by atoms with van der Waals surface area (Å²) in [5.41, 5.74) is 13.0. The molecule has 0 bridgehead atoms. The first kappa shape index (κ1) is 94.1. The van der Waals surface area contributed by atoms with Crippen molar-refractivity contribution >= 4 is 47.2 Å². The van der Waals surface area contributed by atoms with Crippen LogP contribution >= 0.6 is 25.2 Å². The molecule has 0 radical (unpaired) electrons. The Kier molecular flexibility index (Phi) is 34.1. The molecule has 0 unspecified atom stereocenters. The molecule has 0 N–H and O–H groups in total. The molecule has 0 aliphatic carbocycles. The van der Waals surface area contributed by atoms with E-state index in [1.165, 1.54) is 51.6 Å². The minimum absolute atomic E-state index is 0.0614. The zero-order valence-electron chi connectivity index (χ0n) is 73.5. The van der Waals surface area contributed by atoms with Gasteiger partial charge in [0.1, 0.15) is 52.0 Å². The van der Waals surface area contributed by atoms with E-state index in [1.807, 2.05) is 45.0 Å². The van der Waals surface area contributed by atoms with E-state index in [4.69, 9.17) is 54.6 Å². The van der Waals surface area contributed by atoms with Gasteiger partial charge in [-0.05, 0) is 151 Å². The molecule has 6 aromatic carbocycles. The molecule has 0 saturated carbocycles. The number of benzene rings is 6. The number of rotatable bonds is 23. The Labute approximate surface area is 653 Å². The molecule has 1 heterocycles. The van der Waals surface area contributed by atoms with Gasteiger partial charge in [0, 0.05) is 50.8 Å². The van der Waals surface area contributed by atoms with Crippen molar-refractivity contribution in [3.63, 3.8) is 0 Å². The molecule has 0 amide bonds. The van der Waals surface area contributed by atoms with Gasteiger partial charge in [-0.25, -0.2) is 9.78 Å². The van der Waals surface area contributed by atoms with Gasteiger partial charge in [0.2, 0.25) is 0 Å². The van der Waals surface area contributed by atoms with E-state index < -0.39 is 25.2 Å². The average molecular weight is 1540 g/mol. The summed E-state index contributed by atoms with van der Waals surface area (Å²) in [6.07, 6.45) is 2.91. The predicted octanol–water partition coefficient (Wildman–Crippen LogP) is 28.3. The van der Waals surface area contributed by atoms with Gasteiger partial charge in [0.05, 0.1) is 41.2 Å². The smallest absolute Gasteiger partial charge is 0.463 e. The summed E-state index contributed by atoms with van der Waals surface area (Å²) in [4.78, 5) is 9.61. The van der Waals surface area contributed by atoms with Crippen molar-refractivity contribution in [1.29, 1.82) is 0 Å². The highest BCUT2D eigenvalue weighted by atomic mass is 31.2. The summed E-state index contributed by atoms with van der Waals surface area (Å²) < 4.78 is 68.9. The fourth-order valence-electron chi connectivity index (χ4n) is 11.4. The predicted molar refractivity (Wildman–Crippen MR) is 456 cm³/mol. The molecule has 13 nitrogen and oxygen atoms in total. The van der Waals surface area contributed by atoms with Crippen LogP contribution in [0.1, 0.15) is 310 Å². The largest absolute Gasteiger partial charge is 0.497 e. The van der Waals surface area contributed by atoms with Crippen molar-refractivity contribution in [1.82, 2.24) is 0 Å². The van der Waals surface area contributed by atoms with Crippen LogP contribution in [0.3, 0.4) is 0 Å². The number of hydrogen-bond donors (Lipinski definition) is 0. The molecular weight excluding hydrogens is 1390 g/mol. The lowest BCUT2D eigenvalue weighted by atomic mass is 9.80. The van der Waals surface area contributed by atoms with Gasteiger partial charge >= 0.3 is 25.2 Å². The average Bonchev–Trinajstić information content (AvgIpc) is 1.75. The van der Waals surface area contributed by atoms with Gasteiger partial charge < -0.3 is 40.7 Å². The van der Waals surface area contributed by atoms with Crippen LogP contribution < -0.4 is 32.1 Å². The minimum atomic E-state index is -1.70. The second-order valence-corrected chi connectivity index (χ2v) is 41.2. The van der Waals surface area contributed by atoms with Crippen molar-refractivity contribution < 1.29 is 59.5 Å². The monoisotopic (exact) mass is 1540 g/mol. The van der Waals surface area contributed by atoms with E-state index >= 15 is 0 Å². The second kappa shape index (κ2) is 38.7. The standard InChI is InChI=1S/2C31H49O3P.C27H39O7P.C2H6/c1-14-32-21-35(33-26-17-15-22(28(2,3)4)19-24(26)30(8,9)10)34-27-18-16-23(29(5,6)7)20-25(27)31(11,12)13;1-14-19-32-35(33-26-17-15-22(28(2,3)4)20-24(26)30(8,9)10)34-27-18-16-23(29(5,6)7)21-25(27)31(11,12)13;1-26(2,3)22-16-18(28-7)14-20-21-15-19(29-8)17-23(27(4,5)6)25(21)34-35(33-24(20)22)32-13-11-10-12-31-30-9;1-2/h15-20H,14,21H2,1-13H3;15-18,20-21H,14,19H2,1-13H3;14-17H,10-13H2,1-9H3;1-2H3. The van der Waals surface area contributed by atoms with E-state index in [0.29, 0.717) is 32.8 Å². The van der Waals surface area contributed by atoms with Crippen molar-refractivity contribution in [2.24, 2.45) is 0 Å². The molecule has 0 fully saturated rings. The Bertz CT molecular complexity index is 3560. The molecule has 7 rings (SSSR count). The SMILES string of the molecule is CC.CCCOP(Oc1ccc(C(C)(C)C)cc1C(C)(C)C)Oc1ccc(C(C)(C)C)cc1C(C)(C)C.CCOCP(Oc1ccc(C(C)(C)C)cc1C(C)(C)C)Oc1ccc(C(C)(C)C)cc1C(C)(C)C.COOCCCCOp1oc2c(C(C)(C)C)cc(OC)cc2c2cc(OC)cc(C(C)(C)C)c2o1. The highest BCUT2D eigenvalue weighted by molar-refractivity contribution is 7.47. The third kappa shape index (κ3) is 28.1. The van der Waals surface area contributed by atoms with Crippen LogP contribution in [0.25, 0.3) is 21.9 Å². The Hall–Kier alpha value is -5.32. The molecule has 600 valence electrons. The molecular formula is C91H143O13P3. The van der Waals surface area contributed by atoms with Gasteiger partial charge in [-0.3, -0.25) is 9.05 Å². The molecule has 16 heteroatoms. The van der Waals surface area contributed by atoms with Gasteiger partial charge in [-0.1, -0.05) is 277 Å². The van der Waals surface area contributed by atoms with Crippen LogP contribution in [-0.4, -0.2) is 54.1 Å². The molecule has 107 heavy (non-hydrogen) atoms. The van der Waals surface area contributed by atoms with E-state index in [1.54, 1.807) is 14.2 Å². The maximum Gasteiger partial charge on any atom is 0.463 e. The number of ether oxygens (including phenoxy) is 3. The summed E-state index contributed by atoms with van der Waals surface area (Å²) in [7, 11) is 0.195. The van der Waals surface area contributed by atoms with E-state index in [0.717, 1.165) is 86.8 Å². The fourth-order valence-corrected chi connectivity index (χ4v) is 14.8. The number of unbranched alkanes of at least 4 members (excludes halogenated alkanes) is 1. The lowest BCUT2D eigenvalue weighted by Crippen LogP contribution is -2.19. The van der Waals surface area contributed by atoms with Crippen LogP contribution in [0.5, 0.6) is 34.5 Å². The van der Waals surface area contributed by atoms with Crippen LogP contribution in [0, 0.1) is 0 Å². The lowest BCUT2D eigenvalue weighted by molar-refractivity contribution is -0.272. The summed E-state index contributed by atoms with van der Waals surface area (Å²) >= 11 is 0. The van der Waals surface area contributed by atoms with Crippen molar-refractivity contribution in [3.05, 3.63) is 153 Å². The van der Waals surface area contributed by atoms with Gasteiger partial charge in [-0.2, -0.15) is 0 Å². The third-order valence-electron chi connectivity index (χ3n) is 17.9. The van der Waals surface area contributed by atoms with Crippen LogP contribution in [0.15, 0.2) is 105 Å². The molecule has 0 atom stereocenters. The first-order chi connectivity index (χ1) is 49.2. The quantitative estimate of drug-likeness (QED) is 0.0261. The van der Waals surface area contributed by atoms with E-state index in [9.17, 15) is 0 Å². The second-order valence-electron chi connectivity index (χ2n) is 37.8. The highest BCUT2D eigenvalue weighted by Gasteiger charge is 2.33. The molecule has 0 saturated heterocycles. The van der Waals surface area contributed by atoms with Crippen molar-refractivity contribution in [2.75, 3.05) is 54.1 Å². The highest BCUT2D eigenvalue weighted by Crippen LogP contribution is 2.52. The fraction of sp³-hybridized carbons (Fsp3) is 0.604. The van der Waals surface area contributed by atoms with Crippen LogP contribution in [0.4, 0.5) is 0 Å². The molecule has 7 aromatic rings. The van der Waals surface area contributed by atoms with Gasteiger partial charge in [0.15, 0.2) is 0 Å². The molecule has 0 spiro atoms. The van der Waals surface area contributed by atoms with E-state index in [-0.39, 0.29) is 54.1 Å². The van der Waals surface area contributed by atoms with Crippen molar-refractivity contribution in [2.45, 2.75) is 309 Å². The summed E-state index contributed by atoms with van der Waals surface area (Å²) in [5.74, 6) is 4.93. The van der Waals surface area contributed by atoms with Crippen molar-refractivity contribution in [3.8, 4) is 34.5 Å². The van der Waals surface area contributed by atoms with E-state index in [2.05, 4.69) is 292 Å². The minimum Gasteiger partial charge on any atom is -0.497 e. The topological polar surface area (TPSA) is 128 Å². The number of hydrogen-bond acceptors (Lipinski definition) is 13. The zero-order valence-corrected chi connectivity index (χ0v) is 76.2. The molecule has 0 aliphatic heterocycles. The molecule has 0 aliphatic rings. The first-order valence-electron chi connectivity index (χ1n) is 38.7. The third-order valence-corrected chi connectivity index (χ3v) is 21.3. The Morgan fingerprint density at radius 2 is 0.664 bits per heavy atom. The number of fused-ring (bicyclic) bond motifs is 3. The van der Waals surface area contributed by atoms with Crippen LogP contribution in [-0.2, 0) is 73.2 Å². The van der Waals surface area contributed by atoms with Crippen LogP contribution in [0.2, 0.25) is 0 Å². The van der Waals surface area contributed by atoms with Gasteiger partial charge in [-0.15, -0.1) is 0 Å². The summed E-state index contributed by atoms with van der Waals surface area (Å²) in [6, 6.07) is 34.3. The first-order valence-corrected chi connectivity index (χ1v) is 42.2. The Balaban J connectivity index is 0.000000335. The lowest BCUT2D eigenvalue weighted by Gasteiger charge is -2.30. The number of methoxy groups -OCH3 is 2. The zero-order chi connectivity index (χ0) is 81.4. The summed E-state index contributed by atoms with van der Waals surface area (Å²) in [5, 5.41) is 1.80. The Morgan fingerprint density at radius 3 is 0.935 bits per heavy atom. The maximum atomic E-state index is 6.63. The normalized spacial score (nSPS) is 12.8. The van der Waals surface area contributed by atoms with Gasteiger partial charge in [0.25, 0.3) is 0 Å². The molecule has 1 aromatic heterocycles. The maximum absolute atomic E-state index is 6.63. The Morgan fingerprint density at radius 1 is 0.355 bits per heavy atom. The summed E-state index contributed by atoms with van der Waals surface area (Å²) in [6.45, 7) is 76.9.